The van der Waals surface area contributed by atoms with Gasteiger partial charge in [-0.15, -0.1) is 0 Å². The second-order valence-electron chi connectivity index (χ2n) is 7.62. The molecule has 0 aliphatic rings. The van der Waals surface area contributed by atoms with Crippen LogP contribution in [0.4, 0.5) is 15.8 Å². The van der Waals surface area contributed by atoms with Gasteiger partial charge in [0.25, 0.3) is 11.8 Å². The maximum Gasteiger partial charge on any atom is 0.259 e. The largest absolute Gasteiger partial charge is 0.490 e. The summed E-state index contributed by atoms with van der Waals surface area (Å²) in [7, 11) is 0. The molecule has 0 saturated heterocycles. The third kappa shape index (κ3) is 6.61. The number of anilines is 2. The number of carbonyl (C=O) groups excluding carboxylic acids is 2. The molecule has 0 aliphatic carbocycles. The Hall–Kier alpha value is -4.36. The van der Waals surface area contributed by atoms with Gasteiger partial charge in [-0.1, -0.05) is 48.0 Å². The standard InChI is InChI=1S/C28H22ClFN2O4/c29-24-18-21(13-14-25(24)30)31-27(33)19-7-6-8-20(17-19)32-28(34)23-11-4-5-12-26(23)36-16-15-35-22-9-2-1-3-10-22/h1-14,17-18H,15-16H2,(H,31,33)(H,32,34). The fourth-order valence-electron chi connectivity index (χ4n) is 3.32. The van der Waals surface area contributed by atoms with E-state index in [4.69, 9.17) is 21.1 Å². The van der Waals surface area contributed by atoms with Crippen molar-refractivity contribution in [1.82, 2.24) is 0 Å². The number of carbonyl (C=O) groups is 2. The lowest BCUT2D eigenvalue weighted by Gasteiger charge is -2.13. The highest BCUT2D eigenvalue weighted by molar-refractivity contribution is 6.31. The molecule has 36 heavy (non-hydrogen) atoms. The molecule has 0 unspecified atom stereocenters. The Labute approximate surface area is 212 Å². The quantitative estimate of drug-likeness (QED) is 0.257. The van der Waals surface area contributed by atoms with Crippen molar-refractivity contribution in [1.29, 1.82) is 0 Å². The Kier molecular flexibility index (Phi) is 8.16. The number of para-hydroxylation sites is 2. The summed E-state index contributed by atoms with van der Waals surface area (Å²) in [6.45, 7) is 0.568. The molecule has 0 radical (unpaired) electrons. The van der Waals surface area contributed by atoms with Gasteiger partial charge in [-0.2, -0.15) is 0 Å². The van der Waals surface area contributed by atoms with Crippen molar-refractivity contribution in [2.75, 3.05) is 23.8 Å². The van der Waals surface area contributed by atoms with Gasteiger partial charge in [0.1, 0.15) is 30.5 Å². The zero-order chi connectivity index (χ0) is 25.3. The lowest BCUT2D eigenvalue weighted by molar-refractivity contribution is 0.101. The summed E-state index contributed by atoms with van der Waals surface area (Å²) in [5.74, 6) is -0.256. The van der Waals surface area contributed by atoms with Crippen LogP contribution in [0.15, 0.2) is 97.1 Å². The zero-order valence-electron chi connectivity index (χ0n) is 19.0. The molecule has 2 N–H and O–H groups in total. The van der Waals surface area contributed by atoms with Gasteiger partial charge in [0, 0.05) is 16.9 Å². The summed E-state index contributed by atoms with van der Waals surface area (Å²) in [6.07, 6.45) is 0. The molecule has 0 fully saturated rings. The van der Waals surface area contributed by atoms with Crippen LogP contribution in [0.1, 0.15) is 20.7 Å². The predicted molar refractivity (Wildman–Crippen MR) is 138 cm³/mol. The first-order chi connectivity index (χ1) is 17.5. The number of benzene rings is 4. The van der Waals surface area contributed by atoms with E-state index in [1.54, 1.807) is 42.5 Å². The normalized spacial score (nSPS) is 10.4. The fraction of sp³-hybridized carbons (Fsp3) is 0.0714. The average molecular weight is 505 g/mol. The maximum absolute atomic E-state index is 13.4. The summed E-state index contributed by atoms with van der Waals surface area (Å²) < 4.78 is 24.8. The maximum atomic E-state index is 13.4. The van der Waals surface area contributed by atoms with Crippen LogP contribution in [0.25, 0.3) is 0 Å². The first-order valence-electron chi connectivity index (χ1n) is 11.1. The molecule has 4 aromatic rings. The number of amides is 2. The van der Waals surface area contributed by atoms with Crippen molar-refractivity contribution in [3.05, 3.63) is 119 Å². The Balaban J connectivity index is 1.38. The highest BCUT2D eigenvalue weighted by Gasteiger charge is 2.14. The molecule has 4 aromatic carbocycles. The summed E-state index contributed by atoms with van der Waals surface area (Å²) >= 11 is 5.77. The van der Waals surface area contributed by atoms with Crippen molar-refractivity contribution in [3.63, 3.8) is 0 Å². The smallest absolute Gasteiger partial charge is 0.259 e. The average Bonchev–Trinajstić information content (AvgIpc) is 2.90. The van der Waals surface area contributed by atoms with E-state index in [1.165, 1.54) is 24.3 Å². The van der Waals surface area contributed by atoms with Crippen LogP contribution in [0, 0.1) is 5.82 Å². The van der Waals surface area contributed by atoms with Crippen molar-refractivity contribution in [3.8, 4) is 11.5 Å². The molecular weight excluding hydrogens is 483 g/mol. The summed E-state index contributed by atoms with van der Waals surface area (Å²) in [5, 5.41) is 5.35. The molecule has 0 spiro atoms. The van der Waals surface area contributed by atoms with E-state index in [0.29, 0.717) is 34.9 Å². The number of hydrogen-bond acceptors (Lipinski definition) is 4. The Morgan fingerprint density at radius 2 is 1.42 bits per heavy atom. The molecule has 0 saturated carbocycles. The zero-order valence-corrected chi connectivity index (χ0v) is 19.8. The van der Waals surface area contributed by atoms with Gasteiger partial charge in [0.15, 0.2) is 0 Å². The molecule has 0 aliphatic heterocycles. The van der Waals surface area contributed by atoms with E-state index in [1.807, 2.05) is 30.3 Å². The number of nitrogens with one attached hydrogen (secondary N) is 2. The van der Waals surface area contributed by atoms with Crippen molar-refractivity contribution < 1.29 is 23.5 Å². The lowest BCUT2D eigenvalue weighted by atomic mass is 10.1. The number of hydrogen-bond donors (Lipinski definition) is 2. The first-order valence-corrected chi connectivity index (χ1v) is 11.4. The highest BCUT2D eigenvalue weighted by Crippen LogP contribution is 2.22. The molecule has 182 valence electrons. The van der Waals surface area contributed by atoms with E-state index >= 15 is 0 Å². The Bertz CT molecular complexity index is 1360. The van der Waals surface area contributed by atoms with E-state index in [2.05, 4.69) is 10.6 Å². The Morgan fingerprint density at radius 3 is 2.22 bits per heavy atom. The fourth-order valence-corrected chi connectivity index (χ4v) is 3.50. The van der Waals surface area contributed by atoms with Gasteiger partial charge in [-0.3, -0.25) is 9.59 Å². The number of ether oxygens (including phenoxy) is 2. The van der Waals surface area contributed by atoms with E-state index < -0.39 is 17.6 Å². The molecular formula is C28H22ClFN2O4. The number of halogens is 2. The van der Waals surface area contributed by atoms with Crippen LogP contribution in [-0.4, -0.2) is 25.0 Å². The molecule has 0 bridgehead atoms. The van der Waals surface area contributed by atoms with Crippen LogP contribution in [0.3, 0.4) is 0 Å². The summed E-state index contributed by atoms with van der Waals surface area (Å²) in [4.78, 5) is 25.6. The second-order valence-corrected chi connectivity index (χ2v) is 8.03. The van der Waals surface area contributed by atoms with Crippen LogP contribution in [-0.2, 0) is 0 Å². The van der Waals surface area contributed by atoms with Crippen LogP contribution in [0.2, 0.25) is 5.02 Å². The Morgan fingerprint density at radius 1 is 0.722 bits per heavy atom. The SMILES string of the molecule is O=C(Nc1ccc(F)c(Cl)c1)c1cccc(NC(=O)c2ccccc2OCCOc2ccccc2)c1. The van der Waals surface area contributed by atoms with Gasteiger partial charge in [0.05, 0.1) is 10.6 Å². The number of rotatable bonds is 9. The monoisotopic (exact) mass is 504 g/mol. The third-order valence-corrected chi connectivity index (χ3v) is 5.33. The van der Waals surface area contributed by atoms with Gasteiger partial charge in [0.2, 0.25) is 0 Å². The molecule has 6 nitrogen and oxygen atoms in total. The van der Waals surface area contributed by atoms with Gasteiger partial charge in [-0.25, -0.2) is 4.39 Å². The first kappa shape index (κ1) is 24.8. The molecule has 4 rings (SSSR count). The lowest BCUT2D eigenvalue weighted by Crippen LogP contribution is -2.16. The van der Waals surface area contributed by atoms with E-state index in [0.717, 1.165) is 5.75 Å². The van der Waals surface area contributed by atoms with Crippen molar-refractivity contribution in [2.45, 2.75) is 0 Å². The van der Waals surface area contributed by atoms with E-state index in [9.17, 15) is 14.0 Å². The highest BCUT2D eigenvalue weighted by atomic mass is 35.5. The topological polar surface area (TPSA) is 76.7 Å². The van der Waals surface area contributed by atoms with Crippen molar-refractivity contribution >= 4 is 34.8 Å². The van der Waals surface area contributed by atoms with Crippen molar-refractivity contribution in [2.24, 2.45) is 0 Å². The molecule has 0 heterocycles. The van der Waals surface area contributed by atoms with Crippen LogP contribution < -0.4 is 20.1 Å². The minimum Gasteiger partial charge on any atom is -0.490 e. The van der Waals surface area contributed by atoms with Crippen LogP contribution >= 0.6 is 11.6 Å². The van der Waals surface area contributed by atoms with Gasteiger partial charge < -0.3 is 20.1 Å². The van der Waals surface area contributed by atoms with Gasteiger partial charge in [-0.05, 0) is 60.7 Å². The molecule has 8 heteroatoms. The summed E-state index contributed by atoms with van der Waals surface area (Å²) in [5.41, 5.74) is 1.42. The van der Waals surface area contributed by atoms with Gasteiger partial charge >= 0.3 is 0 Å². The minimum absolute atomic E-state index is 0.0960. The molecule has 0 atom stereocenters. The minimum atomic E-state index is -0.577. The molecule has 2 amide bonds. The van der Waals surface area contributed by atoms with Crippen LogP contribution in [0.5, 0.6) is 11.5 Å². The molecule has 0 aromatic heterocycles. The predicted octanol–water partition coefficient (Wildman–Crippen LogP) is 6.44. The van der Waals surface area contributed by atoms with E-state index in [-0.39, 0.29) is 11.6 Å². The second kappa shape index (κ2) is 11.9. The third-order valence-electron chi connectivity index (χ3n) is 5.04. The summed E-state index contributed by atoms with van der Waals surface area (Å²) in [6, 6.07) is 26.6.